The van der Waals surface area contributed by atoms with E-state index in [0.717, 1.165) is 16.9 Å². The Morgan fingerprint density at radius 1 is 0.606 bits per heavy atom. The van der Waals surface area contributed by atoms with E-state index in [1.54, 1.807) is 0 Å². The van der Waals surface area contributed by atoms with Crippen LogP contribution >= 0.6 is 0 Å². The van der Waals surface area contributed by atoms with E-state index in [1.807, 2.05) is 6.08 Å². The van der Waals surface area contributed by atoms with Crippen LogP contribution in [0.1, 0.15) is 18.2 Å². The van der Waals surface area contributed by atoms with E-state index in [9.17, 15) is 0 Å². The van der Waals surface area contributed by atoms with E-state index < -0.39 is 0 Å². The van der Waals surface area contributed by atoms with Crippen LogP contribution in [-0.4, -0.2) is 9.13 Å². The first kappa shape index (κ1) is 19.4. The maximum atomic E-state index is 4.11. The molecule has 33 heavy (non-hydrogen) atoms. The first-order valence-corrected chi connectivity index (χ1v) is 11.3. The predicted octanol–water partition coefficient (Wildman–Crippen LogP) is 8.40. The number of para-hydroxylation sites is 3. The highest BCUT2D eigenvalue weighted by atomic mass is 15.0. The molecule has 0 N–H and O–H groups in total. The zero-order valence-electron chi connectivity index (χ0n) is 18.6. The summed E-state index contributed by atoms with van der Waals surface area (Å²) in [6.07, 6.45) is 6.24. The fourth-order valence-electron chi connectivity index (χ4n) is 5.05. The fraction of sp³-hybridized carbons (Fsp3) is 0.0323. The van der Waals surface area contributed by atoms with Gasteiger partial charge in [0, 0.05) is 33.1 Å². The fourth-order valence-corrected chi connectivity index (χ4v) is 5.05. The maximum Gasteiger partial charge on any atom is 0.0542 e. The summed E-state index contributed by atoms with van der Waals surface area (Å²) < 4.78 is 4.70. The van der Waals surface area contributed by atoms with E-state index in [2.05, 4.69) is 132 Å². The number of aromatic nitrogens is 2. The van der Waals surface area contributed by atoms with Gasteiger partial charge in [0.15, 0.2) is 0 Å². The van der Waals surface area contributed by atoms with Gasteiger partial charge in [0.2, 0.25) is 0 Å². The average molecular weight is 425 g/mol. The Labute approximate surface area is 193 Å². The second kappa shape index (κ2) is 7.68. The maximum absolute atomic E-state index is 4.11. The van der Waals surface area contributed by atoms with Crippen molar-refractivity contribution >= 4 is 44.9 Å². The number of hydrogen-bond acceptors (Lipinski definition) is 0. The zero-order valence-corrected chi connectivity index (χ0v) is 18.6. The van der Waals surface area contributed by atoms with Gasteiger partial charge in [-0.1, -0.05) is 73.3 Å². The van der Waals surface area contributed by atoms with Gasteiger partial charge in [0.25, 0.3) is 0 Å². The zero-order chi connectivity index (χ0) is 22.4. The van der Waals surface area contributed by atoms with Crippen LogP contribution in [0.2, 0.25) is 0 Å². The lowest BCUT2D eigenvalue weighted by molar-refractivity contribution is 1.11. The summed E-state index contributed by atoms with van der Waals surface area (Å²) in [5.41, 5.74) is 8.25. The smallest absolute Gasteiger partial charge is 0.0542 e. The first-order chi connectivity index (χ1) is 16.3. The molecule has 0 saturated heterocycles. The van der Waals surface area contributed by atoms with Gasteiger partial charge in [-0.25, -0.2) is 0 Å². The third-order valence-corrected chi connectivity index (χ3v) is 6.41. The molecule has 2 heteroatoms. The van der Waals surface area contributed by atoms with Crippen molar-refractivity contribution in [1.82, 2.24) is 9.13 Å². The van der Waals surface area contributed by atoms with Crippen molar-refractivity contribution in [2.75, 3.05) is 0 Å². The summed E-state index contributed by atoms with van der Waals surface area (Å²) in [6, 6.07) is 34.6. The number of fused-ring (bicyclic) bond motifs is 4. The summed E-state index contributed by atoms with van der Waals surface area (Å²) in [4.78, 5) is 0. The molecule has 2 nitrogen and oxygen atoms in total. The van der Waals surface area contributed by atoms with Crippen LogP contribution in [0.3, 0.4) is 0 Å². The van der Waals surface area contributed by atoms with E-state index in [1.165, 1.54) is 38.4 Å². The van der Waals surface area contributed by atoms with Gasteiger partial charge in [0.05, 0.1) is 22.2 Å². The van der Waals surface area contributed by atoms with Gasteiger partial charge >= 0.3 is 0 Å². The molecule has 0 atom stereocenters. The monoisotopic (exact) mass is 424 g/mol. The SMILES string of the molecule is C=Cc1c(/C=C\C)n(-c2ccc3c(c2)c2ccccc2n3-c2ccccc2)c2ccccc12. The minimum absolute atomic E-state index is 1.15. The van der Waals surface area contributed by atoms with Crippen molar-refractivity contribution in [1.29, 1.82) is 0 Å². The van der Waals surface area contributed by atoms with Crippen molar-refractivity contribution in [2.45, 2.75) is 6.92 Å². The lowest BCUT2D eigenvalue weighted by atomic mass is 10.1. The largest absolute Gasteiger partial charge is 0.309 e. The minimum atomic E-state index is 1.15. The number of allylic oxidation sites excluding steroid dienone is 1. The van der Waals surface area contributed by atoms with Crippen molar-refractivity contribution in [3.8, 4) is 11.4 Å². The Balaban J connectivity index is 1.71. The van der Waals surface area contributed by atoms with Gasteiger partial charge < -0.3 is 9.13 Å². The molecule has 0 fully saturated rings. The molecule has 2 aromatic heterocycles. The molecule has 2 heterocycles. The van der Waals surface area contributed by atoms with Crippen molar-refractivity contribution in [3.05, 3.63) is 121 Å². The molecule has 0 aliphatic heterocycles. The molecule has 0 aliphatic rings. The second-order valence-corrected chi connectivity index (χ2v) is 8.25. The summed E-state index contributed by atoms with van der Waals surface area (Å²) >= 11 is 0. The van der Waals surface area contributed by atoms with E-state index >= 15 is 0 Å². The summed E-state index contributed by atoms with van der Waals surface area (Å²) in [6.45, 7) is 6.17. The third kappa shape index (κ3) is 2.88. The van der Waals surface area contributed by atoms with E-state index in [0.29, 0.717) is 0 Å². The van der Waals surface area contributed by atoms with Gasteiger partial charge in [-0.3, -0.25) is 0 Å². The van der Waals surface area contributed by atoms with E-state index in [4.69, 9.17) is 0 Å². The van der Waals surface area contributed by atoms with Crippen molar-refractivity contribution in [2.24, 2.45) is 0 Å². The number of hydrogen-bond donors (Lipinski definition) is 0. The van der Waals surface area contributed by atoms with Crippen LogP contribution in [0, 0.1) is 0 Å². The molecule has 0 amide bonds. The van der Waals surface area contributed by atoms with Crippen LogP contribution in [0.5, 0.6) is 0 Å². The van der Waals surface area contributed by atoms with Crippen LogP contribution in [0.4, 0.5) is 0 Å². The molecule has 0 aliphatic carbocycles. The van der Waals surface area contributed by atoms with E-state index in [-0.39, 0.29) is 0 Å². The minimum Gasteiger partial charge on any atom is -0.309 e. The molecule has 0 radical (unpaired) electrons. The molecular formula is C31H24N2. The number of benzene rings is 4. The highest BCUT2D eigenvalue weighted by Gasteiger charge is 2.17. The molecule has 6 aromatic rings. The highest BCUT2D eigenvalue weighted by molar-refractivity contribution is 6.10. The molecule has 0 bridgehead atoms. The normalized spacial score (nSPS) is 11.8. The van der Waals surface area contributed by atoms with Gasteiger partial charge in [-0.05, 0) is 55.5 Å². The Morgan fingerprint density at radius 2 is 1.24 bits per heavy atom. The molecule has 6 rings (SSSR count). The van der Waals surface area contributed by atoms with Crippen LogP contribution in [-0.2, 0) is 0 Å². The number of rotatable bonds is 4. The predicted molar refractivity (Wildman–Crippen MR) is 142 cm³/mol. The molecule has 158 valence electrons. The Kier molecular flexibility index (Phi) is 4.51. The molecule has 0 saturated carbocycles. The van der Waals surface area contributed by atoms with Crippen LogP contribution in [0.25, 0.3) is 56.2 Å². The molecular weight excluding hydrogens is 400 g/mol. The lowest BCUT2D eigenvalue weighted by Crippen LogP contribution is -1.98. The Morgan fingerprint density at radius 3 is 1.97 bits per heavy atom. The average Bonchev–Trinajstić information content (AvgIpc) is 3.36. The van der Waals surface area contributed by atoms with Gasteiger partial charge in [-0.15, -0.1) is 0 Å². The molecule has 4 aromatic carbocycles. The lowest BCUT2D eigenvalue weighted by Gasteiger charge is -2.11. The summed E-state index contributed by atoms with van der Waals surface area (Å²) in [5, 5.41) is 3.72. The van der Waals surface area contributed by atoms with Gasteiger partial charge in [0.1, 0.15) is 0 Å². The summed E-state index contributed by atoms with van der Waals surface area (Å²) in [5.74, 6) is 0. The summed E-state index contributed by atoms with van der Waals surface area (Å²) in [7, 11) is 0. The van der Waals surface area contributed by atoms with Gasteiger partial charge in [-0.2, -0.15) is 0 Å². The van der Waals surface area contributed by atoms with Crippen LogP contribution < -0.4 is 0 Å². The number of nitrogens with zero attached hydrogens (tertiary/aromatic N) is 2. The van der Waals surface area contributed by atoms with Crippen molar-refractivity contribution in [3.63, 3.8) is 0 Å². The third-order valence-electron chi connectivity index (χ3n) is 6.41. The Hall–Kier alpha value is -4.30. The molecule has 0 spiro atoms. The van der Waals surface area contributed by atoms with Crippen LogP contribution in [0.15, 0.2) is 110 Å². The first-order valence-electron chi connectivity index (χ1n) is 11.3. The standard InChI is InChI=1S/C31H24N2/c1-3-12-28-24(4-2)25-15-8-10-17-29(25)33(28)23-19-20-31-27(21-23)26-16-9-11-18-30(26)32(31)22-13-6-5-7-14-22/h3-21H,2H2,1H3/b12-3-. The highest BCUT2D eigenvalue weighted by Crippen LogP contribution is 2.36. The second-order valence-electron chi connectivity index (χ2n) is 8.25. The quantitative estimate of drug-likeness (QED) is 0.269. The molecule has 0 unspecified atom stereocenters. The topological polar surface area (TPSA) is 9.86 Å². The van der Waals surface area contributed by atoms with Crippen molar-refractivity contribution < 1.29 is 0 Å². The Bertz CT molecular complexity index is 1680.